The number of benzene rings is 1. The van der Waals surface area contributed by atoms with Gasteiger partial charge < -0.3 is 16.0 Å². The van der Waals surface area contributed by atoms with Gasteiger partial charge in [-0.05, 0) is 38.0 Å². The third kappa shape index (κ3) is 3.65. The molecule has 0 spiro atoms. The van der Waals surface area contributed by atoms with Gasteiger partial charge in [0.1, 0.15) is 6.04 Å². The summed E-state index contributed by atoms with van der Waals surface area (Å²) in [6.07, 6.45) is 5.97. The SMILES string of the molecule is CC(C(=O)NC1CCCCC1)N(C)c1cccc(N)c1. The number of amides is 1. The summed E-state index contributed by atoms with van der Waals surface area (Å²) in [4.78, 5) is 14.3. The van der Waals surface area contributed by atoms with Gasteiger partial charge in [0.05, 0.1) is 0 Å². The lowest BCUT2D eigenvalue weighted by molar-refractivity contribution is -0.122. The molecule has 1 saturated carbocycles. The Balaban J connectivity index is 1.95. The average molecular weight is 275 g/mol. The van der Waals surface area contributed by atoms with Crippen LogP contribution in [-0.4, -0.2) is 25.0 Å². The first kappa shape index (κ1) is 14.7. The zero-order valence-electron chi connectivity index (χ0n) is 12.4. The quantitative estimate of drug-likeness (QED) is 0.830. The van der Waals surface area contributed by atoms with Crippen LogP contribution in [0.3, 0.4) is 0 Å². The van der Waals surface area contributed by atoms with Crippen molar-refractivity contribution < 1.29 is 4.79 Å². The molecule has 0 aliphatic heterocycles. The van der Waals surface area contributed by atoms with Crippen molar-refractivity contribution in [3.05, 3.63) is 24.3 Å². The van der Waals surface area contributed by atoms with Gasteiger partial charge in [-0.25, -0.2) is 0 Å². The topological polar surface area (TPSA) is 58.4 Å². The second kappa shape index (κ2) is 6.64. The lowest BCUT2D eigenvalue weighted by atomic mass is 9.95. The number of carbonyl (C=O) groups excluding carboxylic acids is 1. The number of likely N-dealkylation sites (N-methyl/N-ethyl adjacent to an activating group) is 1. The summed E-state index contributed by atoms with van der Waals surface area (Å²) in [7, 11) is 1.93. The van der Waals surface area contributed by atoms with Crippen LogP contribution in [0.2, 0.25) is 0 Å². The molecule has 110 valence electrons. The van der Waals surface area contributed by atoms with E-state index in [-0.39, 0.29) is 11.9 Å². The van der Waals surface area contributed by atoms with Crippen LogP contribution < -0.4 is 16.0 Å². The Labute approximate surface area is 121 Å². The van der Waals surface area contributed by atoms with Gasteiger partial charge in [0.2, 0.25) is 5.91 Å². The maximum absolute atomic E-state index is 12.3. The van der Waals surface area contributed by atoms with Gasteiger partial charge in [-0.2, -0.15) is 0 Å². The van der Waals surface area contributed by atoms with Gasteiger partial charge in [-0.3, -0.25) is 4.79 Å². The molecule has 1 unspecified atom stereocenters. The Morgan fingerprint density at radius 1 is 1.35 bits per heavy atom. The van der Waals surface area contributed by atoms with E-state index in [0.717, 1.165) is 18.5 Å². The van der Waals surface area contributed by atoms with Crippen molar-refractivity contribution in [2.75, 3.05) is 17.7 Å². The summed E-state index contributed by atoms with van der Waals surface area (Å²) >= 11 is 0. The van der Waals surface area contributed by atoms with E-state index in [4.69, 9.17) is 5.73 Å². The summed E-state index contributed by atoms with van der Waals surface area (Å²) in [5.41, 5.74) is 7.48. The molecule has 1 aromatic rings. The van der Waals surface area contributed by atoms with Crippen LogP contribution in [0.15, 0.2) is 24.3 Å². The van der Waals surface area contributed by atoms with Crippen LogP contribution in [0.25, 0.3) is 0 Å². The molecule has 4 heteroatoms. The first-order chi connectivity index (χ1) is 9.58. The monoisotopic (exact) mass is 275 g/mol. The second-order valence-corrected chi connectivity index (χ2v) is 5.73. The van der Waals surface area contributed by atoms with E-state index in [1.165, 1.54) is 19.3 Å². The largest absolute Gasteiger partial charge is 0.399 e. The summed E-state index contributed by atoms with van der Waals surface area (Å²) < 4.78 is 0. The van der Waals surface area contributed by atoms with Crippen molar-refractivity contribution in [3.8, 4) is 0 Å². The number of rotatable bonds is 4. The molecule has 20 heavy (non-hydrogen) atoms. The Morgan fingerprint density at radius 3 is 2.70 bits per heavy atom. The molecule has 2 rings (SSSR count). The van der Waals surface area contributed by atoms with Crippen molar-refractivity contribution in [3.63, 3.8) is 0 Å². The van der Waals surface area contributed by atoms with E-state index in [0.29, 0.717) is 11.7 Å². The molecule has 1 aromatic carbocycles. The molecule has 0 saturated heterocycles. The van der Waals surface area contributed by atoms with E-state index < -0.39 is 0 Å². The fourth-order valence-corrected chi connectivity index (χ4v) is 2.71. The van der Waals surface area contributed by atoms with Crippen LogP contribution in [0, 0.1) is 0 Å². The number of anilines is 2. The number of hydrogen-bond donors (Lipinski definition) is 2. The number of hydrogen-bond acceptors (Lipinski definition) is 3. The van der Waals surface area contributed by atoms with E-state index >= 15 is 0 Å². The molecular weight excluding hydrogens is 250 g/mol. The van der Waals surface area contributed by atoms with E-state index in [1.807, 2.05) is 43.1 Å². The summed E-state index contributed by atoms with van der Waals surface area (Å²) in [5, 5.41) is 3.17. The fraction of sp³-hybridized carbons (Fsp3) is 0.562. The number of carbonyl (C=O) groups is 1. The predicted molar refractivity (Wildman–Crippen MR) is 83.7 cm³/mol. The first-order valence-electron chi connectivity index (χ1n) is 7.46. The number of nitrogens with one attached hydrogen (secondary N) is 1. The van der Waals surface area contributed by atoms with Crippen molar-refractivity contribution in [2.45, 2.75) is 51.1 Å². The van der Waals surface area contributed by atoms with Gasteiger partial charge >= 0.3 is 0 Å². The molecule has 0 radical (unpaired) electrons. The summed E-state index contributed by atoms with van der Waals surface area (Å²) in [6, 6.07) is 7.79. The van der Waals surface area contributed by atoms with Crippen molar-refractivity contribution in [2.24, 2.45) is 0 Å². The van der Waals surface area contributed by atoms with Gasteiger partial charge in [0.25, 0.3) is 0 Å². The maximum atomic E-state index is 12.3. The van der Waals surface area contributed by atoms with Crippen LogP contribution >= 0.6 is 0 Å². The van der Waals surface area contributed by atoms with E-state index in [9.17, 15) is 4.79 Å². The molecule has 1 amide bonds. The Morgan fingerprint density at radius 2 is 2.05 bits per heavy atom. The zero-order chi connectivity index (χ0) is 14.5. The molecule has 1 aliphatic carbocycles. The number of nitrogen functional groups attached to an aromatic ring is 1. The molecule has 0 aromatic heterocycles. The highest BCUT2D eigenvalue weighted by molar-refractivity contribution is 5.85. The summed E-state index contributed by atoms with van der Waals surface area (Å²) in [5.74, 6) is 0.0989. The molecule has 0 heterocycles. The van der Waals surface area contributed by atoms with Gasteiger partial charge in [-0.15, -0.1) is 0 Å². The minimum atomic E-state index is -0.196. The Hall–Kier alpha value is -1.71. The lowest BCUT2D eigenvalue weighted by Crippen LogP contribution is -2.47. The van der Waals surface area contributed by atoms with Gasteiger partial charge in [-0.1, -0.05) is 25.3 Å². The minimum absolute atomic E-state index is 0.0989. The van der Waals surface area contributed by atoms with Crippen LogP contribution in [0.5, 0.6) is 0 Å². The van der Waals surface area contributed by atoms with E-state index in [1.54, 1.807) is 0 Å². The highest BCUT2D eigenvalue weighted by Crippen LogP contribution is 2.20. The molecule has 1 fully saturated rings. The molecule has 1 atom stereocenters. The molecule has 1 aliphatic rings. The zero-order valence-corrected chi connectivity index (χ0v) is 12.4. The lowest BCUT2D eigenvalue weighted by Gasteiger charge is -2.29. The van der Waals surface area contributed by atoms with Crippen LogP contribution in [0.1, 0.15) is 39.0 Å². The molecule has 3 N–H and O–H groups in total. The highest BCUT2D eigenvalue weighted by atomic mass is 16.2. The third-order valence-electron chi connectivity index (χ3n) is 4.19. The molecule has 4 nitrogen and oxygen atoms in total. The maximum Gasteiger partial charge on any atom is 0.242 e. The molecule has 0 bridgehead atoms. The minimum Gasteiger partial charge on any atom is -0.399 e. The number of nitrogens with two attached hydrogens (primary N) is 1. The first-order valence-corrected chi connectivity index (χ1v) is 7.46. The molecular formula is C16H25N3O. The van der Waals surface area contributed by atoms with Crippen molar-refractivity contribution >= 4 is 17.3 Å². The van der Waals surface area contributed by atoms with Crippen molar-refractivity contribution in [1.82, 2.24) is 5.32 Å². The second-order valence-electron chi connectivity index (χ2n) is 5.73. The van der Waals surface area contributed by atoms with Crippen molar-refractivity contribution in [1.29, 1.82) is 0 Å². The third-order valence-corrected chi connectivity index (χ3v) is 4.19. The van der Waals surface area contributed by atoms with Crippen LogP contribution in [0.4, 0.5) is 11.4 Å². The normalized spacial score (nSPS) is 17.5. The Bertz CT molecular complexity index is 455. The average Bonchev–Trinajstić information content (AvgIpc) is 2.46. The van der Waals surface area contributed by atoms with Gasteiger partial charge in [0, 0.05) is 24.5 Å². The summed E-state index contributed by atoms with van der Waals surface area (Å²) in [6.45, 7) is 1.93. The van der Waals surface area contributed by atoms with Gasteiger partial charge in [0.15, 0.2) is 0 Å². The standard InChI is InChI=1S/C16H25N3O/c1-12(16(20)18-14-8-4-3-5-9-14)19(2)15-10-6-7-13(17)11-15/h6-7,10-12,14H,3-5,8-9,17H2,1-2H3,(H,18,20). The Kier molecular flexibility index (Phi) is 4.88. The predicted octanol–water partition coefficient (Wildman–Crippen LogP) is 2.54. The van der Waals surface area contributed by atoms with E-state index in [2.05, 4.69) is 5.32 Å². The highest BCUT2D eigenvalue weighted by Gasteiger charge is 2.22. The smallest absolute Gasteiger partial charge is 0.242 e. The number of nitrogens with zero attached hydrogens (tertiary/aromatic N) is 1. The fourth-order valence-electron chi connectivity index (χ4n) is 2.71. The van der Waals surface area contributed by atoms with Crippen LogP contribution in [-0.2, 0) is 4.79 Å².